The van der Waals surface area contributed by atoms with Crippen molar-refractivity contribution in [2.24, 2.45) is 5.73 Å². The fourth-order valence-electron chi connectivity index (χ4n) is 1.68. The summed E-state index contributed by atoms with van der Waals surface area (Å²) in [5, 5.41) is 2.95. The number of hydrogen-bond donors (Lipinski definition) is 2. The Hall–Kier alpha value is -1.55. The molecule has 0 aliphatic heterocycles. The summed E-state index contributed by atoms with van der Waals surface area (Å²) in [4.78, 5) is 11.6. The van der Waals surface area contributed by atoms with Gasteiger partial charge in [0.25, 0.3) is 0 Å². The SMILES string of the molecule is CCOc1ccc(C(C)NC(=O)CCCN)cc1. The van der Waals surface area contributed by atoms with E-state index in [0.29, 0.717) is 19.6 Å². The lowest BCUT2D eigenvalue weighted by Crippen LogP contribution is -2.26. The van der Waals surface area contributed by atoms with Crippen LogP contribution in [-0.4, -0.2) is 19.1 Å². The third-order valence-corrected chi connectivity index (χ3v) is 2.68. The first kappa shape index (κ1) is 14.5. The second-order valence-electron chi connectivity index (χ2n) is 4.18. The van der Waals surface area contributed by atoms with Crippen molar-refractivity contribution >= 4 is 5.91 Å². The van der Waals surface area contributed by atoms with E-state index in [9.17, 15) is 4.79 Å². The molecule has 1 amide bonds. The van der Waals surface area contributed by atoms with E-state index in [0.717, 1.165) is 17.7 Å². The highest BCUT2D eigenvalue weighted by molar-refractivity contribution is 5.76. The number of amides is 1. The topological polar surface area (TPSA) is 64.3 Å². The molecule has 1 atom stereocenters. The third kappa shape index (κ3) is 4.75. The molecule has 3 N–H and O–H groups in total. The van der Waals surface area contributed by atoms with Crippen LogP contribution in [0.1, 0.15) is 38.3 Å². The van der Waals surface area contributed by atoms with Gasteiger partial charge in [-0.1, -0.05) is 12.1 Å². The molecule has 0 radical (unpaired) electrons. The van der Waals surface area contributed by atoms with Gasteiger partial charge < -0.3 is 15.8 Å². The smallest absolute Gasteiger partial charge is 0.220 e. The van der Waals surface area contributed by atoms with Gasteiger partial charge in [-0.2, -0.15) is 0 Å². The van der Waals surface area contributed by atoms with Crippen LogP contribution < -0.4 is 15.8 Å². The molecule has 0 aromatic heterocycles. The van der Waals surface area contributed by atoms with Gasteiger partial charge in [0.05, 0.1) is 12.6 Å². The molecule has 18 heavy (non-hydrogen) atoms. The number of carbonyl (C=O) groups is 1. The highest BCUT2D eigenvalue weighted by Gasteiger charge is 2.08. The first-order valence-corrected chi connectivity index (χ1v) is 6.39. The van der Waals surface area contributed by atoms with Crippen LogP contribution in [0, 0.1) is 0 Å². The maximum atomic E-state index is 11.6. The maximum Gasteiger partial charge on any atom is 0.220 e. The molecule has 100 valence electrons. The summed E-state index contributed by atoms with van der Waals surface area (Å²) >= 11 is 0. The van der Waals surface area contributed by atoms with Gasteiger partial charge in [0, 0.05) is 6.42 Å². The molecule has 1 rings (SSSR count). The zero-order valence-electron chi connectivity index (χ0n) is 11.1. The van der Waals surface area contributed by atoms with E-state index < -0.39 is 0 Å². The molecule has 4 heteroatoms. The van der Waals surface area contributed by atoms with Crippen LogP contribution in [0.2, 0.25) is 0 Å². The highest BCUT2D eigenvalue weighted by Crippen LogP contribution is 2.17. The van der Waals surface area contributed by atoms with E-state index in [1.165, 1.54) is 0 Å². The average Bonchev–Trinajstić information content (AvgIpc) is 2.37. The number of benzene rings is 1. The van der Waals surface area contributed by atoms with Crippen molar-refractivity contribution in [3.05, 3.63) is 29.8 Å². The van der Waals surface area contributed by atoms with Gasteiger partial charge in [0.2, 0.25) is 5.91 Å². The summed E-state index contributed by atoms with van der Waals surface area (Å²) in [6, 6.07) is 7.78. The normalized spacial score (nSPS) is 11.9. The number of hydrogen-bond acceptors (Lipinski definition) is 3. The van der Waals surface area contributed by atoms with Crippen LogP contribution >= 0.6 is 0 Å². The predicted octanol–water partition coefficient (Wildman–Crippen LogP) is 2.00. The molecule has 0 heterocycles. The Kier molecular flexibility index (Phi) is 6.22. The summed E-state index contributed by atoms with van der Waals surface area (Å²) in [6.45, 7) is 5.12. The molecule has 1 unspecified atom stereocenters. The summed E-state index contributed by atoms with van der Waals surface area (Å²) in [5.41, 5.74) is 6.44. The number of nitrogens with two attached hydrogens (primary N) is 1. The molecule has 1 aromatic carbocycles. The Labute approximate surface area is 109 Å². The largest absolute Gasteiger partial charge is 0.494 e. The molecule has 4 nitrogen and oxygen atoms in total. The zero-order chi connectivity index (χ0) is 13.4. The third-order valence-electron chi connectivity index (χ3n) is 2.68. The number of ether oxygens (including phenoxy) is 1. The van der Waals surface area contributed by atoms with Crippen LogP contribution in [0.25, 0.3) is 0 Å². The van der Waals surface area contributed by atoms with Crippen molar-refractivity contribution in [3.8, 4) is 5.75 Å². The molecular weight excluding hydrogens is 228 g/mol. The van der Waals surface area contributed by atoms with E-state index in [4.69, 9.17) is 10.5 Å². The van der Waals surface area contributed by atoms with Gasteiger partial charge in [-0.25, -0.2) is 0 Å². The van der Waals surface area contributed by atoms with Crippen molar-refractivity contribution in [3.63, 3.8) is 0 Å². The molecule has 0 saturated heterocycles. The summed E-state index contributed by atoms with van der Waals surface area (Å²) in [6.07, 6.45) is 1.21. The first-order valence-electron chi connectivity index (χ1n) is 6.39. The van der Waals surface area contributed by atoms with Crippen LogP contribution in [0.5, 0.6) is 5.75 Å². The van der Waals surface area contributed by atoms with Gasteiger partial charge in [-0.15, -0.1) is 0 Å². The Balaban J connectivity index is 2.50. The molecule has 0 bridgehead atoms. The minimum absolute atomic E-state index is 0.00551. The molecule has 0 saturated carbocycles. The predicted molar refractivity (Wildman–Crippen MR) is 72.5 cm³/mol. The van der Waals surface area contributed by atoms with E-state index >= 15 is 0 Å². The minimum Gasteiger partial charge on any atom is -0.494 e. The van der Waals surface area contributed by atoms with Gasteiger partial charge in [0.15, 0.2) is 0 Å². The molecule has 0 aliphatic rings. The molecule has 0 aliphatic carbocycles. The second kappa shape index (κ2) is 7.71. The van der Waals surface area contributed by atoms with Gasteiger partial charge in [-0.05, 0) is 44.5 Å². The number of carbonyl (C=O) groups excluding carboxylic acids is 1. The maximum absolute atomic E-state index is 11.6. The lowest BCUT2D eigenvalue weighted by molar-refractivity contribution is -0.121. The van der Waals surface area contributed by atoms with Gasteiger partial charge in [0.1, 0.15) is 5.75 Å². The number of rotatable bonds is 7. The van der Waals surface area contributed by atoms with Crippen molar-refractivity contribution in [2.75, 3.05) is 13.2 Å². The summed E-state index contributed by atoms with van der Waals surface area (Å²) in [5.74, 6) is 0.893. The second-order valence-corrected chi connectivity index (χ2v) is 4.18. The fraction of sp³-hybridized carbons (Fsp3) is 0.500. The molecule has 1 aromatic rings. The monoisotopic (exact) mass is 250 g/mol. The van der Waals surface area contributed by atoms with E-state index in [1.807, 2.05) is 38.1 Å². The summed E-state index contributed by atoms with van der Waals surface area (Å²) in [7, 11) is 0. The Morgan fingerprint density at radius 3 is 2.61 bits per heavy atom. The standard InChI is InChI=1S/C14H22N2O2/c1-3-18-13-8-6-12(7-9-13)11(2)16-14(17)5-4-10-15/h6-9,11H,3-5,10,15H2,1-2H3,(H,16,17). The Bertz CT molecular complexity index is 363. The lowest BCUT2D eigenvalue weighted by Gasteiger charge is -2.14. The highest BCUT2D eigenvalue weighted by atomic mass is 16.5. The fourth-order valence-corrected chi connectivity index (χ4v) is 1.68. The van der Waals surface area contributed by atoms with Crippen LogP contribution in [-0.2, 0) is 4.79 Å². The van der Waals surface area contributed by atoms with E-state index in [2.05, 4.69) is 5.32 Å². The zero-order valence-corrected chi connectivity index (χ0v) is 11.1. The lowest BCUT2D eigenvalue weighted by atomic mass is 10.1. The van der Waals surface area contributed by atoms with Crippen molar-refractivity contribution in [2.45, 2.75) is 32.7 Å². The molecule has 0 fully saturated rings. The van der Waals surface area contributed by atoms with Crippen LogP contribution in [0.3, 0.4) is 0 Å². The van der Waals surface area contributed by atoms with Crippen molar-refractivity contribution < 1.29 is 9.53 Å². The Morgan fingerprint density at radius 2 is 2.06 bits per heavy atom. The van der Waals surface area contributed by atoms with Gasteiger partial charge in [-0.3, -0.25) is 4.79 Å². The van der Waals surface area contributed by atoms with Crippen molar-refractivity contribution in [1.82, 2.24) is 5.32 Å². The van der Waals surface area contributed by atoms with Gasteiger partial charge >= 0.3 is 0 Å². The van der Waals surface area contributed by atoms with E-state index in [-0.39, 0.29) is 11.9 Å². The van der Waals surface area contributed by atoms with Crippen LogP contribution in [0.15, 0.2) is 24.3 Å². The Morgan fingerprint density at radius 1 is 1.39 bits per heavy atom. The minimum atomic E-state index is 0.00551. The number of nitrogens with one attached hydrogen (secondary N) is 1. The molecular formula is C14H22N2O2. The quantitative estimate of drug-likeness (QED) is 0.778. The summed E-state index contributed by atoms with van der Waals surface area (Å²) < 4.78 is 5.37. The molecule has 0 spiro atoms. The van der Waals surface area contributed by atoms with Crippen molar-refractivity contribution in [1.29, 1.82) is 0 Å². The first-order chi connectivity index (χ1) is 8.67. The van der Waals surface area contributed by atoms with Crippen LogP contribution in [0.4, 0.5) is 0 Å². The average molecular weight is 250 g/mol. The van der Waals surface area contributed by atoms with E-state index in [1.54, 1.807) is 0 Å².